The third-order valence-electron chi connectivity index (χ3n) is 3.51. The van der Waals surface area contributed by atoms with E-state index in [2.05, 4.69) is 21.2 Å². The molecule has 0 fully saturated rings. The van der Waals surface area contributed by atoms with E-state index in [0.29, 0.717) is 12.0 Å². The Bertz CT molecular complexity index is 681. The summed E-state index contributed by atoms with van der Waals surface area (Å²) in [6.07, 6.45) is -3.62. The van der Waals surface area contributed by atoms with Crippen LogP contribution in [0.3, 0.4) is 0 Å². The maximum absolute atomic E-state index is 12.5. The fourth-order valence-electron chi connectivity index (χ4n) is 2.35. The lowest BCUT2D eigenvalue weighted by atomic mass is 10.1. The van der Waals surface area contributed by atoms with Crippen molar-refractivity contribution in [3.05, 3.63) is 69.7 Å². The second-order valence-electron chi connectivity index (χ2n) is 5.67. The average molecular weight is 400 g/mol. The van der Waals surface area contributed by atoms with Crippen molar-refractivity contribution in [2.75, 3.05) is 0 Å². The summed E-state index contributed by atoms with van der Waals surface area (Å²) in [5.74, 6) is -0.209. The van der Waals surface area contributed by atoms with E-state index in [0.717, 1.165) is 22.2 Å². The molecule has 2 aromatic rings. The van der Waals surface area contributed by atoms with Crippen LogP contribution in [0.4, 0.5) is 13.2 Å². The molecule has 0 radical (unpaired) electrons. The van der Waals surface area contributed by atoms with Crippen LogP contribution in [0.2, 0.25) is 0 Å². The van der Waals surface area contributed by atoms with Crippen molar-refractivity contribution in [2.24, 2.45) is 0 Å². The topological polar surface area (TPSA) is 29.1 Å². The predicted molar refractivity (Wildman–Crippen MR) is 90.6 cm³/mol. The van der Waals surface area contributed by atoms with Gasteiger partial charge < -0.3 is 5.32 Å². The van der Waals surface area contributed by atoms with Crippen LogP contribution in [0.15, 0.2) is 53.0 Å². The SMILES string of the molecule is CC(Cc1ccc(Br)cc1)NC(=O)Cc1ccc(C(F)(F)F)cc1. The highest BCUT2D eigenvalue weighted by atomic mass is 79.9. The van der Waals surface area contributed by atoms with Gasteiger partial charge in [-0.3, -0.25) is 4.79 Å². The first kappa shape index (κ1) is 18.5. The van der Waals surface area contributed by atoms with Crippen LogP contribution >= 0.6 is 15.9 Å². The monoisotopic (exact) mass is 399 g/mol. The summed E-state index contributed by atoms with van der Waals surface area (Å²) >= 11 is 3.37. The van der Waals surface area contributed by atoms with E-state index in [4.69, 9.17) is 0 Å². The fraction of sp³-hybridized carbons (Fsp3) is 0.278. The Hall–Kier alpha value is -1.82. The number of benzene rings is 2. The Balaban J connectivity index is 1.87. The number of amides is 1. The Morgan fingerprint density at radius 3 is 2.12 bits per heavy atom. The highest BCUT2D eigenvalue weighted by Crippen LogP contribution is 2.29. The molecular weight excluding hydrogens is 383 g/mol. The van der Waals surface area contributed by atoms with Crippen LogP contribution in [-0.4, -0.2) is 11.9 Å². The van der Waals surface area contributed by atoms with E-state index in [1.807, 2.05) is 31.2 Å². The fourth-order valence-corrected chi connectivity index (χ4v) is 2.61. The van der Waals surface area contributed by atoms with Gasteiger partial charge in [0, 0.05) is 10.5 Å². The van der Waals surface area contributed by atoms with Gasteiger partial charge in [-0.15, -0.1) is 0 Å². The van der Waals surface area contributed by atoms with E-state index in [1.54, 1.807) is 0 Å². The first-order valence-electron chi connectivity index (χ1n) is 7.44. The van der Waals surface area contributed by atoms with Crippen molar-refractivity contribution >= 4 is 21.8 Å². The summed E-state index contributed by atoms with van der Waals surface area (Å²) in [5, 5.41) is 2.86. The zero-order chi connectivity index (χ0) is 17.7. The van der Waals surface area contributed by atoms with Gasteiger partial charge in [0.15, 0.2) is 0 Å². The van der Waals surface area contributed by atoms with E-state index >= 15 is 0 Å². The summed E-state index contributed by atoms with van der Waals surface area (Å²) < 4.78 is 38.5. The molecule has 0 saturated heterocycles. The summed E-state index contributed by atoms with van der Waals surface area (Å²) in [4.78, 5) is 12.0. The van der Waals surface area contributed by atoms with Gasteiger partial charge in [-0.05, 0) is 48.7 Å². The highest BCUT2D eigenvalue weighted by Gasteiger charge is 2.29. The summed E-state index contributed by atoms with van der Waals surface area (Å²) in [6, 6.07) is 12.4. The molecule has 1 N–H and O–H groups in total. The molecule has 0 aromatic heterocycles. The number of nitrogens with one attached hydrogen (secondary N) is 1. The summed E-state index contributed by atoms with van der Waals surface area (Å²) in [6.45, 7) is 1.90. The number of rotatable bonds is 5. The number of carbonyl (C=O) groups excluding carboxylic acids is 1. The molecule has 0 aliphatic carbocycles. The molecule has 0 heterocycles. The van der Waals surface area contributed by atoms with Gasteiger partial charge in [0.05, 0.1) is 12.0 Å². The van der Waals surface area contributed by atoms with Gasteiger partial charge in [-0.1, -0.05) is 40.2 Å². The van der Waals surface area contributed by atoms with Gasteiger partial charge in [0.1, 0.15) is 0 Å². The van der Waals surface area contributed by atoms with Gasteiger partial charge in [-0.25, -0.2) is 0 Å². The van der Waals surface area contributed by atoms with Gasteiger partial charge >= 0.3 is 6.18 Å². The van der Waals surface area contributed by atoms with E-state index in [1.165, 1.54) is 12.1 Å². The maximum atomic E-state index is 12.5. The minimum absolute atomic E-state index is 0.0583. The van der Waals surface area contributed by atoms with E-state index in [9.17, 15) is 18.0 Å². The van der Waals surface area contributed by atoms with Gasteiger partial charge in [0.2, 0.25) is 5.91 Å². The van der Waals surface area contributed by atoms with Crippen LogP contribution in [0.1, 0.15) is 23.6 Å². The highest BCUT2D eigenvalue weighted by molar-refractivity contribution is 9.10. The second-order valence-corrected chi connectivity index (χ2v) is 6.59. The molecule has 2 aromatic carbocycles. The maximum Gasteiger partial charge on any atom is 0.416 e. The Morgan fingerprint density at radius 1 is 1.04 bits per heavy atom. The normalized spacial score (nSPS) is 12.7. The molecule has 0 aliphatic rings. The molecule has 1 unspecified atom stereocenters. The smallest absolute Gasteiger partial charge is 0.353 e. The van der Waals surface area contributed by atoms with Crippen molar-refractivity contribution < 1.29 is 18.0 Å². The van der Waals surface area contributed by atoms with Crippen molar-refractivity contribution in [3.8, 4) is 0 Å². The van der Waals surface area contributed by atoms with Crippen LogP contribution in [0, 0.1) is 0 Å². The van der Waals surface area contributed by atoms with Crippen LogP contribution < -0.4 is 5.32 Å². The van der Waals surface area contributed by atoms with Crippen LogP contribution in [-0.2, 0) is 23.8 Å². The van der Waals surface area contributed by atoms with Crippen molar-refractivity contribution in [2.45, 2.75) is 32.0 Å². The molecule has 24 heavy (non-hydrogen) atoms. The molecule has 6 heteroatoms. The number of hydrogen-bond donors (Lipinski definition) is 1. The molecule has 0 spiro atoms. The minimum atomic E-state index is -4.36. The molecule has 1 amide bonds. The Labute approximate surface area is 147 Å². The quantitative estimate of drug-likeness (QED) is 0.771. The third-order valence-corrected chi connectivity index (χ3v) is 4.04. The average Bonchev–Trinajstić information content (AvgIpc) is 2.49. The van der Waals surface area contributed by atoms with Crippen molar-refractivity contribution in [1.82, 2.24) is 5.32 Å². The Kier molecular flexibility index (Phi) is 6.04. The Morgan fingerprint density at radius 2 is 1.58 bits per heavy atom. The number of carbonyl (C=O) groups is 1. The molecule has 128 valence electrons. The van der Waals surface area contributed by atoms with Gasteiger partial charge in [-0.2, -0.15) is 13.2 Å². The lowest BCUT2D eigenvalue weighted by molar-refractivity contribution is -0.137. The minimum Gasteiger partial charge on any atom is -0.353 e. The van der Waals surface area contributed by atoms with Crippen LogP contribution in [0.5, 0.6) is 0 Å². The number of alkyl halides is 3. The lowest BCUT2D eigenvalue weighted by Crippen LogP contribution is -2.35. The molecule has 1 atom stereocenters. The second kappa shape index (κ2) is 7.83. The number of halogens is 4. The van der Waals surface area contributed by atoms with E-state index in [-0.39, 0.29) is 18.4 Å². The van der Waals surface area contributed by atoms with E-state index < -0.39 is 11.7 Å². The molecule has 0 bridgehead atoms. The zero-order valence-corrected chi connectivity index (χ0v) is 14.6. The first-order valence-corrected chi connectivity index (χ1v) is 8.23. The first-order chi connectivity index (χ1) is 11.2. The molecule has 2 nitrogen and oxygen atoms in total. The molecule has 0 saturated carbocycles. The van der Waals surface area contributed by atoms with Crippen molar-refractivity contribution in [3.63, 3.8) is 0 Å². The zero-order valence-electron chi connectivity index (χ0n) is 13.0. The molecular formula is C18H17BrF3NO. The third kappa shape index (κ3) is 5.67. The molecule has 0 aliphatic heterocycles. The predicted octanol–water partition coefficient (Wildman–Crippen LogP) is 4.76. The summed E-state index contributed by atoms with van der Waals surface area (Å²) in [5.41, 5.74) is 0.937. The van der Waals surface area contributed by atoms with Gasteiger partial charge in [0.25, 0.3) is 0 Å². The van der Waals surface area contributed by atoms with Crippen molar-refractivity contribution in [1.29, 1.82) is 0 Å². The molecule has 2 rings (SSSR count). The van der Waals surface area contributed by atoms with Crippen LogP contribution in [0.25, 0.3) is 0 Å². The summed E-state index contributed by atoms with van der Waals surface area (Å²) in [7, 11) is 0. The standard InChI is InChI=1S/C18H17BrF3NO/c1-12(10-13-4-8-16(19)9-5-13)23-17(24)11-14-2-6-15(7-3-14)18(20,21)22/h2-9,12H,10-11H2,1H3,(H,23,24). The largest absolute Gasteiger partial charge is 0.416 e. The number of hydrogen-bond acceptors (Lipinski definition) is 1. The lowest BCUT2D eigenvalue weighted by Gasteiger charge is -2.14.